The first kappa shape index (κ1) is 13.4. The van der Waals surface area contributed by atoms with Crippen LogP contribution in [-0.2, 0) is 9.47 Å². The molecule has 0 atom stereocenters. The lowest BCUT2D eigenvalue weighted by Gasteiger charge is -2.15. The summed E-state index contributed by atoms with van der Waals surface area (Å²) in [7, 11) is 1.68. The molecule has 1 heterocycles. The second-order valence-electron chi connectivity index (χ2n) is 4.63. The average Bonchev–Trinajstić information content (AvgIpc) is 3.03. The van der Waals surface area contributed by atoms with E-state index in [0.29, 0.717) is 25.9 Å². The first-order valence-electron chi connectivity index (χ1n) is 6.75. The van der Waals surface area contributed by atoms with Gasteiger partial charge in [0.25, 0.3) is 0 Å². The van der Waals surface area contributed by atoms with Gasteiger partial charge in [-0.2, -0.15) is 0 Å². The normalized spacial score (nSPS) is 16.3. The number of nitrogens with zero attached hydrogens (tertiary/aromatic N) is 2. The Bertz CT molecular complexity index is 335. The van der Waals surface area contributed by atoms with Gasteiger partial charge in [0.2, 0.25) is 5.95 Å². The van der Waals surface area contributed by atoms with E-state index >= 15 is 0 Å². The zero-order valence-corrected chi connectivity index (χ0v) is 11.1. The Hall–Kier alpha value is -1.07. The smallest absolute Gasteiger partial charge is 0.203 e. The van der Waals surface area contributed by atoms with Gasteiger partial charge >= 0.3 is 0 Å². The van der Waals surface area contributed by atoms with Crippen LogP contribution in [0, 0.1) is 0 Å². The standard InChI is InChI=1S/C13H23N3O2/c1-17-10-11-18-9-7-15-13-14-6-8-16(13)12-4-2-3-5-12/h6,8,12H,2-5,7,9-11H2,1H3,(H,14,15). The van der Waals surface area contributed by atoms with Gasteiger partial charge in [0.15, 0.2) is 0 Å². The van der Waals surface area contributed by atoms with Crippen LogP contribution in [0.1, 0.15) is 31.7 Å². The van der Waals surface area contributed by atoms with Crippen molar-refractivity contribution in [3.8, 4) is 0 Å². The zero-order valence-electron chi connectivity index (χ0n) is 11.1. The van der Waals surface area contributed by atoms with Crippen LogP contribution in [0.4, 0.5) is 5.95 Å². The molecule has 0 aromatic carbocycles. The summed E-state index contributed by atoms with van der Waals surface area (Å²) in [5.74, 6) is 0.970. The Morgan fingerprint density at radius 2 is 2.17 bits per heavy atom. The molecule has 1 aliphatic rings. The largest absolute Gasteiger partial charge is 0.382 e. The maximum Gasteiger partial charge on any atom is 0.203 e. The molecule has 1 aromatic heterocycles. The van der Waals surface area contributed by atoms with E-state index in [0.717, 1.165) is 12.5 Å². The average molecular weight is 253 g/mol. The summed E-state index contributed by atoms with van der Waals surface area (Å²) in [6, 6.07) is 0.629. The number of aromatic nitrogens is 2. The number of methoxy groups -OCH3 is 1. The molecule has 0 aliphatic heterocycles. The fourth-order valence-corrected chi connectivity index (χ4v) is 2.41. The van der Waals surface area contributed by atoms with E-state index in [4.69, 9.17) is 9.47 Å². The third-order valence-corrected chi connectivity index (χ3v) is 3.35. The molecule has 18 heavy (non-hydrogen) atoms. The number of nitrogens with one attached hydrogen (secondary N) is 1. The van der Waals surface area contributed by atoms with E-state index in [1.54, 1.807) is 7.11 Å². The lowest BCUT2D eigenvalue weighted by Crippen LogP contribution is -2.16. The van der Waals surface area contributed by atoms with Gasteiger partial charge in [-0.15, -0.1) is 0 Å². The molecule has 0 amide bonds. The first-order valence-corrected chi connectivity index (χ1v) is 6.75. The molecule has 1 N–H and O–H groups in total. The molecule has 1 aromatic rings. The fraction of sp³-hybridized carbons (Fsp3) is 0.769. The number of rotatable bonds is 8. The van der Waals surface area contributed by atoms with Gasteiger partial charge in [0, 0.05) is 32.1 Å². The summed E-state index contributed by atoms with van der Waals surface area (Å²) in [6.07, 6.45) is 9.16. The van der Waals surface area contributed by atoms with Gasteiger partial charge in [-0.05, 0) is 12.8 Å². The molecule has 5 nitrogen and oxygen atoms in total. The highest BCUT2D eigenvalue weighted by molar-refractivity contribution is 5.26. The van der Waals surface area contributed by atoms with E-state index in [2.05, 4.69) is 21.1 Å². The van der Waals surface area contributed by atoms with Gasteiger partial charge in [0.1, 0.15) is 0 Å². The molecule has 102 valence electrons. The minimum atomic E-state index is 0.629. The van der Waals surface area contributed by atoms with Crippen LogP contribution in [0.2, 0.25) is 0 Å². The second-order valence-corrected chi connectivity index (χ2v) is 4.63. The van der Waals surface area contributed by atoms with Gasteiger partial charge in [-0.3, -0.25) is 0 Å². The van der Waals surface area contributed by atoms with E-state index in [9.17, 15) is 0 Å². The summed E-state index contributed by atoms with van der Waals surface area (Å²) in [5, 5.41) is 3.33. The Morgan fingerprint density at radius 1 is 1.33 bits per heavy atom. The summed E-state index contributed by atoms with van der Waals surface area (Å²) in [4.78, 5) is 4.37. The maximum atomic E-state index is 5.41. The molecule has 0 saturated heterocycles. The summed E-state index contributed by atoms with van der Waals surface area (Å²) < 4.78 is 12.6. The lowest BCUT2D eigenvalue weighted by atomic mass is 10.2. The monoisotopic (exact) mass is 253 g/mol. The van der Waals surface area contributed by atoms with Crippen molar-refractivity contribution in [2.45, 2.75) is 31.7 Å². The SMILES string of the molecule is COCCOCCNc1nccn1C1CCCC1. The van der Waals surface area contributed by atoms with Crippen LogP contribution in [0.25, 0.3) is 0 Å². The minimum Gasteiger partial charge on any atom is -0.382 e. The highest BCUT2D eigenvalue weighted by Gasteiger charge is 2.18. The first-order chi connectivity index (χ1) is 8.92. The van der Waals surface area contributed by atoms with Crippen LogP contribution in [-0.4, -0.2) is 43.0 Å². The molecule has 0 radical (unpaired) electrons. The molecule has 1 fully saturated rings. The van der Waals surface area contributed by atoms with Crippen LogP contribution >= 0.6 is 0 Å². The number of anilines is 1. The van der Waals surface area contributed by atoms with Crippen molar-refractivity contribution in [1.29, 1.82) is 0 Å². The quantitative estimate of drug-likeness (QED) is 0.721. The van der Waals surface area contributed by atoms with E-state index in [-0.39, 0.29) is 0 Å². The molecule has 0 bridgehead atoms. The number of ether oxygens (including phenoxy) is 2. The third kappa shape index (κ3) is 3.71. The van der Waals surface area contributed by atoms with Crippen molar-refractivity contribution in [3.63, 3.8) is 0 Å². The highest BCUT2D eigenvalue weighted by Crippen LogP contribution is 2.31. The Labute approximate surface area is 108 Å². The number of imidazole rings is 1. The lowest BCUT2D eigenvalue weighted by molar-refractivity contribution is 0.0758. The van der Waals surface area contributed by atoms with E-state index < -0.39 is 0 Å². The molecule has 5 heteroatoms. The summed E-state index contributed by atoms with van der Waals surface area (Å²) in [6.45, 7) is 2.76. The van der Waals surface area contributed by atoms with Crippen LogP contribution < -0.4 is 5.32 Å². The van der Waals surface area contributed by atoms with Crippen molar-refractivity contribution in [2.75, 3.05) is 38.8 Å². The van der Waals surface area contributed by atoms with Crippen LogP contribution in [0.5, 0.6) is 0 Å². The summed E-state index contributed by atoms with van der Waals surface area (Å²) in [5.41, 5.74) is 0. The molecule has 0 spiro atoms. The number of hydrogen-bond acceptors (Lipinski definition) is 4. The maximum absolute atomic E-state index is 5.41. The van der Waals surface area contributed by atoms with Crippen molar-refractivity contribution < 1.29 is 9.47 Å². The number of hydrogen-bond donors (Lipinski definition) is 1. The molecule has 2 rings (SSSR count). The Balaban J connectivity index is 1.70. The zero-order chi connectivity index (χ0) is 12.6. The molecular formula is C13H23N3O2. The Morgan fingerprint density at radius 3 is 2.94 bits per heavy atom. The van der Waals surface area contributed by atoms with Crippen molar-refractivity contribution in [1.82, 2.24) is 9.55 Å². The van der Waals surface area contributed by atoms with Gasteiger partial charge in [-0.25, -0.2) is 4.98 Å². The van der Waals surface area contributed by atoms with Crippen molar-refractivity contribution in [3.05, 3.63) is 12.4 Å². The fourth-order valence-electron chi connectivity index (χ4n) is 2.41. The highest BCUT2D eigenvalue weighted by atomic mass is 16.5. The van der Waals surface area contributed by atoms with Crippen molar-refractivity contribution >= 4 is 5.95 Å². The molecule has 1 saturated carbocycles. The third-order valence-electron chi connectivity index (χ3n) is 3.35. The van der Waals surface area contributed by atoms with Crippen LogP contribution in [0.15, 0.2) is 12.4 Å². The second kappa shape index (κ2) is 7.38. The van der Waals surface area contributed by atoms with Crippen molar-refractivity contribution in [2.24, 2.45) is 0 Å². The van der Waals surface area contributed by atoms with Crippen LogP contribution in [0.3, 0.4) is 0 Å². The van der Waals surface area contributed by atoms with Gasteiger partial charge in [-0.1, -0.05) is 12.8 Å². The molecule has 0 unspecified atom stereocenters. The molecular weight excluding hydrogens is 230 g/mol. The van der Waals surface area contributed by atoms with E-state index in [1.165, 1.54) is 25.7 Å². The van der Waals surface area contributed by atoms with Gasteiger partial charge in [0.05, 0.1) is 19.8 Å². The van der Waals surface area contributed by atoms with Gasteiger partial charge < -0.3 is 19.4 Å². The predicted octanol–water partition coefficient (Wildman–Crippen LogP) is 2.07. The topological polar surface area (TPSA) is 48.3 Å². The summed E-state index contributed by atoms with van der Waals surface area (Å²) >= 11 is 0. The van der Waals surface area contributed by atoms with E-state index in [1.807, 2.05) is 6.20 Å². The Kier molecular flexibility index (Phi) is 5.48. The minimum absolute atomic E-state index is 0.629. The molecule has 1 aliphatic carbocycles. The predicted molar refractivity (Wildman–Crippen MR) is 70.9 cm³/mol.